The molecule has 3 heterocycles. The van der Waals surface area contributed by atoms with Crippen LogP contribution in [0.2, 0.25) is 0 Å². The van der Waals surface area contributed by atoms with Crippen molar-refractivity contribution in [1.29, 1.82) is 0 Å². The first-order valence-corrected chi connectivity index (χ1v) is 5.63. The molecule has 0 atom stereocenters. The third-order valence-corrected chi connectivity index (χ3v) is 2.98. The fourth-order valence-corrected chi connectivity index (χ4v) is 1.87. The topological polar surface area (TPSA) is 63.6 Å². The zero-order chi connectivity index (χ0) is 12.7. The van der Waals surface area contributed by atoms with Crippen molar-refractivity contribution in [1.82, 2.24) is 19.5 Å². The number of aryl methyl sites for hydroxylation is 2. The highest BCUT2D eigenvalue weighted by atomic mass is 16.1. The molecule has 0 aliphatic heterocycles. The molecule has 0 aromatic carbocycles. The average molecular weight is 240 g/mol. The Morgan fingerprint density at radius 1 is 1.33 bits per heavy atom. The van der Waals surface area contributed by atoms with Crippen molar-refractivity contribution in [3.05, 3.63) is 46.5 Å². The van der Waals surface area contributed by atoms with Gasteiger partial charge in [-0.05, 0) is 24.6 Å². The Morgan fingerprint density at radius 3 is 2.89 bits per heavy atom. The number of fused-ring (bicyclic) bond motifs is 1. The maximum Gasteiger partial charge on any atom is 0.250 e. The van der Waals surface area contributed by atoms with E-state index in [4.69, 9.17) is 0 Å². The predicted octanol–water partition coefficient (Wildman–Crippen LogP) is 1.63. The van der Waals surface area contributed by atoms with Crippen molar-refractivity contribution in [3.8, 4) is 11.4 Å². The van der Waals surface area contributed by atoms with Gasteiger partial charge in [-0.3, -0.25) is 4.79 Å². The van der Waals surface area contributed by atoms with E-state index in [9.17, 15) is 4.79 Å². The van der Waals surface area contributed by atoms with Gasteiger partial charge in [0, 0.05) is 31.1 Å². The van der Waals surface area contributed by atoms with Crippen LogP contribution in [0.5, 0.6) is 0 Å². The van der Waals surface area contributed by atoms with Gasteiger partial charge in [0.15, 0.2) is 5.65 Å². The molecule has 0 spiro atoms. The number of imidazole rings is 1. The van der Waals surface area contributed by atoms with Crippen LogP contribution in [-0.2, 0) is 7.05 Å². The van der Waals surface area contributed by atoms with E-state index in [1.807, 2.05) is 19.1 Å². The highest BCUT2D eigenvalue weighted by Crippen LogP contribution is 2.19. The second kappa shape index (κ2) is 3.80. The molecular formula is C13H12N4O. The number of aromatic amines is 1. The average Bonchev–Trinajstić information content (AvgIpc) is 2.78. The van der Waals surface area contributed by atoms with Crippen LogP contribution in [0, 0.1) is 6.92 Å². The first-order chi connectivity index (χ1) is 8.65. The molecule has 5 heteroatoms. The van der Waals surface area contributed by atoms with E-state index in [0.29, 0.717) is 11.5 Å². The second-order valence-electron chi connectivity index (χ2n) is 4.28. The monoisotopic (exact) mass is 240 g/mol. The largest absolute Gasteiger partial charge is 0.336 e. The van der Waals surface area contributed by atoms with Crippen LogP contribution < -0.4 is 5.56 Å². The van der Waals surface area contributed by atoms with E-state index in [1.54, 1.807) is 25.5 Å². The summed E-state index contributed by atoms with van der Waals surface area (Å²) in [5.74, 6) is 0.671. The molecule has 0 radical (unpaired) electrons. The van der Waals surface area contributed by atoms with Gasteiger partial charge in [-0.15, -0.1) is 0 Å². The molecule has 5 nitrogen and oxygen atoms in total. The standard InChI is InChI=1S/C13H12N4O/c1-8-3-5-14-13-11(8)15-12(16-13)9-4-6-17(2)10(18)7-9/h3-7H,1-2H3,(H,14,15,16). The number of hydrogen-bond donors (Lipinski definition) is 1. The lowest BCUT2D eigenvalue weighted by molar-refractivity contribution is 0.860. The molecule has 90 valence electrons. The Morgan fingerprint density at radius 2 is 2.17 bits per heavy atom. The Labute approximate surface area is 103 Å². The molecule has 0 amide bonds. The van der Waals surface area contributed by atoms with Gasteiger partial charge in [0.25, 0.3) is 5.56 Å². The summed E-state index contributed by atoms with van der Waals surface area (Å²) in [5.41, 5.74) is 3.38. The maximum atomic E-state index is 11.6. The molecular weight excluding hydrogens is 228 g/mol. The molecule has 3 aromatic rings. The minimum atomic E-state index is -0.0577. The maximum absolute atomic E-state index is 11.6. The van der Waals surface area contributed by atoms with Crippen molar-refractivity contribution >= 4 is 11.2 Å². The normalized spacial score (nSPS) is 11.0. The van der Waals surface area contributed by atoms with Crippen LogP contribution in [0.1, 0.15) is 5.56 Å². The molecule has 18 heavy (non-hydrogen) atoms. The van der Waals surface area contributed by atoms with Gasteiger partial charge in [0.1, 0.15) is 5.82 Å². The number of nitrogens with one attached hydrogen (secondary N) is 1. The number of aromatic nitrogens is 4. The SMILES string of the molecule is Cc1ccnc2nc(-c3ccn(C)c(=O)c3)[nH]c12. The predicted molar refractivity (Wildman–Crippen MR) is 69.3 cm³/mol. The molecule has 1 N–H and O–H groups in total. The van der Waals surface area contributed by atoms with E-state index in [2.05, 4.69) is 15.0 Å². The van der Waals surface area contributed by atoms with E-state index in [-0.39, 0.29) is 5.56 Å². The van der Waals surface area contributed by atoms with Crippen molar-refractivity contribution in [2.75, 3.05) is 0 Å². The van der Waals surface area contributed by atoms with Gasteiger partial charge in [-0.1, -0.05) is 0 Å². The summed E-state index contributed by atoms with van der Waals surface area (Å²) in [6.07, 6.45) is 3.46. The molecule has 0 aliphatic carbocycles. The molecule has 0 unspecified atom stereocenters. The third kappa shape index (κ3) is 1.60. The number of pyridine rings is 2. The van der Waals surface area contributed by atoms with Crippen molar-refractivity contribution < 1.29 is 0 Å². The summed E-state index contributed by atoms with van der Waals surface area (Å²) in [5, 5.41) is 0. The van der Waals surface area contributed by atoms with Crippen molar-refractivity contribution in [2.24, 2.45) is 7.05 Å². The van der Waals surface area contributed by atoms with E-state index < -0.39 is 0 Å². The third-order valence-electron chi connectivity index (χ3n) is 2.98. The van der Waals surface area contributed by atoms with Crippen LogP contribution in [0.3, 0.4) is 0 Å². The molecule has 0 fully saturated rings. The highest BCUT2D eigenvalue weighted by Gasteiger charge is 2.08. The summed E-state index contributed by atoms with van der Waals surface area (Å²) in [6.45, 7) is 2.00. The molecule has 3 aromatic heterocycles. The lowest BCUT2D eigenvalue weighted by atomic mass is 10.2. The summed E-state index contributed by atoms with van der Waals surface area (Å²) in [4.78, 5) is 23.4. The second-order valence-corrected chi connectivity index (χ2v) is 4.28. The minimum Gasteiger partial charge on any atom is -0.336 e. The lowest BCUT2D eigenvalue weighted by Gasteiger charge is -1.98. The van der Waals surface area contributed by atoms with Gasteiger partial charge in [-0.2, -0.15) is 0 Å². The minimum absolute atomic E-state index is 0.0577. The molecule has 0 saturated heterocycles. The van der Waals surface area contributed by atoms with Gasteiger partial charge in [0.2, 0.25) is 0 Å². The van der Waals surface area contributed by atoms with Gasteiger partial charge in [0.05, 0.1) is 5.52 Å². The summed E-state index contributed by atoms with van der Waals surface area (Å²) in [6, 6.07) is 5.34. The molecule has 0 bridgehead atoms. The zero-order valence-electron chi connectivity index (χ0n) is 10.1. The smallest absolute Gasteiger partial charge is 0.250 e. The van der Waals surface area contributed by atoms with Crippen LogP contribution in [0.15, 0.2) is 35.4 Å². The van der Waals surface area contributed by atoms with E-state index in [0.717, 1.165) is 16.6 Å². The zero-order valence-corrected chi connectivity index (χ0v) is 10.1. The van der Waals surface area contributed by atoms with Crippen LogP contribution in [0.4, 0.5) is 0 Å². The Balaban J connectivity index is 2.22. The quantitative estimate of drug-likeness (QED) is 0.703. The molecule has 0 aliphatic rings. The van der Waals surface area contributed by atoms with Crippen LogP contribution >= 0.6 is 0 Å². The summed E-state index contributed by atoms with van der Waals surface area (Å²) >= 11 is 0. The summed E-state index contributed by atoms with van der Waals surface area (Å²) in [7, 11) is 1.72. The van der Waals surface area contributed by atoms with Crippen LogP contribution in [0.25, 0.3) is 22.6 Å². The van der Waals surface area contributed by atoms with Gasteiger partial charge >= 0.3 is 0 Å². The lowest BCUT2D eigenvalue weighted by Crippen LogP contribution is -2.14. The molecule has 0 saturated carbocycles. The number of rotatable bonds is 1. The van der Waals surface area contributed by atoms with Crippen LogP contribution in [-0.4, -0.2) is 19.5 Å². The van der Waals surface area contributed by atoms with Gasteiger partial charge in [-0.25, -0.2) is 9.97 Å². The summed E-state index contributed by atoms with van der Waals surface area (Å²) < 4.78 is 1.52. The first kappa shape index (κ1) is 10.7. The number of H-pyrrole nitrogens is 1. The highest BCUT2D eigenvalue weighted by molar-refractivity contribution is 5.78. The van der Waals surface area contributed by atoms with E-state index in [1.165, 1.54) is 4.57 Å². The van der Waals surface area contributed by atoms with Crippen molar-refractivity contribution in [2.45, 2.75) is 6.92 Å². The molecule has 3 rings (SSSR count). The number of hydrogen-bond acceptors (Lipinski definition) is 3. The first-order valence-electron chi connectivity index (χ1n) is 5.63. The van der Waals surface area contributed by atoms with Gasteiger partial charge < -0.3 is 9.55 Å². The van der Waals surface area contributed by atoms with Crippen molar-refractivity contribution in [3.63, 3.8) is 0 Å². The fourth-order valence-electron chi connectivity index (χ4n) is 1.87. The number of nitrogens with zero attached hydrogens (tertiary/aromatic N) is 3. The Bertz CT molecular complexity index is 785. The Kier molecular flexibility index (Phi) is 2.26. The van der Waals surface area contributed by atoms with E-state index >= 15 is 0 Å². The Hall–Kier alpha value is -2.43. The fraction of sp³-hybridized carbons (Fsp3) is 0.154.